The average Bonchev–Trinajstić information content (AvgIpc) is 3.10. The number of nitrogens with one attached hydrogen (secondary N) is 2. The molecule has 0 radical (unpaired) electrons. The maximum absolute atomic E-state index is 12.1. The van der Waals surface area contributed by atoms with Gasteiger partial charge in [-0.25, -0.2) is 10.3 Å². The topological polar surface area (TPSA) is 112 Å². The molecule has 0 spiro atoms. The number of imide groups is 1. The van der Waals surface area contributed by atoms with E-state index >= 15 is 0 Å². The highest BCUT2D eigenvalue weighted by molar-refractivity contribution is 6.13. The monoisotopic (exact) mass is 307 g/mol. The summed E-state index contributed by atoms with van der Waals surface area (Å²) in [5.74, 6) is -0.353. The minimum absolute atomic E-state index is 0.180. The largest absolute Gasteiger partial charge is 0.465 e. The fraction of sp³-hybridized carbons (Fsp3) is 0.357. The number of carbonyl (C=O) groups excluding carboxylic acids is 3. The van der Waals surface area contributed by atoms with Crippen LogP contribution in [0.25, 0.3) is 6.08 Å². The maximum atomic E-state index is 12.1. The third-order valence-electron chi connectivity index (χ3n) is 3.20. The van der Waals surface area contributed by atoms with Gasteiger partial charge in [-0.3, -0.25) is 19.7 Å². The molecule has 0 bridgehead atoms. The van der Waals surface area contributed by atoms with Gasteiger partial charge in [0.25, 0.3) is 5.91 Å². The van der Waals surface area contributed by atoms with Crippen LogP contribution in [-0.2, 0) is 9.59 Å². The molecule has 1 aromatic rings. The van der Waals surface area contributed by atoms with Gasteiger partial charge in [0.2, 0.25) is 5.91 Å². The Bertz CT molecular complexity index is 579. The molecule has 4 amide bonds. The van der Waals surface area contributed by atoms with Crippen LogP contribution in [0.5, 0.6) is 0 Å². The van der Waals surface area contributed by atoms with Crippen LogP contribution < -0.4 is 10.8 Å². The van der Waals surface area contributed by atoms with Gasteiger partial charge in [0, 0.05) is 19.0 Å². The lowest BCUT2D eigenvalue weighted by molar-refractivity contribution is -0.129. The summed E-state index contributed by atoms with van der Waals surface area (Å²) in [6, 6.07) is 2.91. The molecule has 1 aliphatic rings. The molecule has 0 aromatic carbocycles. The second-order valence-electron chi connectivity index (χ2n) is 4.81. The quantitative estimate of drug-likeness (QED) is 0.231. The van der Waals surface area contributed by atoms with E-state index in [-0.39, 0.29) is 18.7 Å². The third-order valence-corrected chi connectivity index (χ3v) is 3.20. The van der Waals surface area contributed by atoms with Gasteiger partial charge in [-0.1, -0.05) is 6.42 Å². The highest BCUT2D eigenvalue weighted by atomic mass is 16.5. The van der Waals surface area contributed by atoms with Crippen LogP contribution in [-0.4, -0.2) is 34.5 Å². The molecule has 2 rings (SSSR count). The van der Waals surface area contributed by atoms with Crippen molar-refractivity contribution >= 4 is 23.9 Å². The Labute approximate surface area is 126 Å². The second kappa shape index (κ2) is 7.41. The average molecular weight is 307 g/mol. The molecule has 0 saturated carbocycles. The number of amides is 4. The first-order chi connectivity index (χ1) is 10.6. The highest BCUT2D eigenvalue weighted by Gasteiger charge is 2.33. The number of hydrogen-bond donors (Lipinski definition) is 3. The summed E-state index contributed by atoms with van der Waals surface area (Å²) in [7, 11) is 0. The van der Waals surface area contributed by atoms with E-state index in [2.05, 4.69) is 5.32 Å². The fourth-order valence-corrected chi connectivity index (χ4v) is 2.08. The van der Waals surface area contributed by atoms with Gasteiger partial charge in [0.1, 0.15) is 11.5 Å². The Balaban J connectivity index is 1.81. The van der Waals surface area contributed by atoms with Crippen molar-refractivity contribution in [3.63, 3.8) is 0 Å². The van der Waals surface area contributed by atoms with Crippen molar-refractivity contribution in [2.24, 2.45) is 0 Å². The number of nitrogens with zero attached hydrogens (tertiary/aromatic N) is 1. The molecule has 0 atom stereocenters. The summed E-state index contributed by atoms with van der Waals surface area (Å²) < 4.78 is 5.10. The minimum atomic E-state index is -0.462. The molecule has 1 saturated heterocycles. The molecule has 118 valence electrons. The SMILES string of the molecule is O=C(CCCCCN1C(=O)NC(=Cc2ccco2)C1=O)NO. The summed E-state index contributed by atoms with van der Waals surface area (Å²) >= 11 is 0. The first-order valence-electron chi connectivity index (χ1n) is 6.93. The molecule has 1 aliphatic heterocycles. The van der Waals surface area contributed by atoms with Crippen molar-refractivity contribution < 1.29 is 24.0 Å². The van der Waals surface area contributed by atoms with Crippen LogP contribution in [0.15, 0.2) is 28.5 Å². The van der Waals surface area contributed by atoms with Gasteiger partial charge in [-0.15, -0.1) is 0 Å². The smallest absolute Gasteiger partial charge is 0.329 e. The molecule has 1 aromatic heterocycles. The van der Waals surface area contributed by atoms with Gasteiger partial charge in [-0.05, 0) is 25.0 Å². The number of urea groups is 1. The zero-order chi connectivity index (χ0) is 15.9. The van der Waals surface area contributed by atoms with E-state index < -0.39 is 17.8 Å². The first-order valence-corrected chi connectivity index (χ1v) is 6.93. The van der Waals surface area contributed by atoms with Gasteiger partial charge < -0.3 is 9.73 Å². The van der Waals surface area contributed by atoms with E-state index in [0.717, 1.165) is 4.90 Å². The Hall–Kier alpha value is -2.61. The molecular formula is C14H17N3O5. The third kappa shape index (κ3) is 3.95. The number of rotatable bonds is 7. The van der Waals surface area contributed by atoms with E-state index in [1.165, 1.54) is 12.3 Å². The van der Waals surface area contributed by atoms with Gasteiger partial charge in [0.05, 0.1) is 6.26 Å². The highest BCUT2D eigenvalue weighted by Crippen LogP contribution is 2.15. The van der Waals surface area contributed by atoms with Gasteiger partial charge >= 0.3 is 6.03 Å². The first kappa shape index (κ1) is 15.8. The predicted molar refractivity (Wildman–Crippen MR) is 75.3 cm³/mol. The lowest BCUT2D eigenvalue weighted by Crippen LogP contribution is -2.31. The Morgan fingerprint density at radius 2 is 2.18 bits per heavy atom. The molecule has 3 N–H and O–H groups in total. The second-order valence-corrected chi connectivity index (χ2v) is 4.81. The Morgan fingerprint density at radius 3 is 2.86 bits per heavy atom. The van der Waals surface area contributed by atoms with E-state index in [4.69, 9.17) is 9.62 Å². The summed E-state index contributed by atoms with van der Waals surface area (Å²) in [5, 5.41) is 10.9. The summed E-state index contributed by atoms with van der Waals surface area (Å²) in [6.45, 7) is 0.279. The summed E-state index contributed by atoms with van der Waals surface area (Å²) in [5.41, 5.74) is 1.73. The van der Waals surface area contributed by atoms with Crippen LogP contribution in [0.1, 0.15) is 31.4 Å². The molecule has 8 nitrogen and oxygen atoms in total. The molecule has 1 fully saturated rings. The fourth-order valence-electron chi connectivity index (χ4n) is 2.08. The van der Waals surface area contributed by atoms with Crippen molar-refractivity contribution in [2.45, 2.75) is 25.7 Å². The molecule has 8 heteroatoms. The van der Waals surface area contributed by atoms with Crippen LogP contribution in [0.4, 0.5) is 4.79 Å². The van der Waals surface area contributed by atoms with E-state index in [1.807, 2.05) is 0 Å². The number of furan rings is 1. The number of unbranched alkanes of at least 4 members (excludes halogenated alkanes) is 2. The lowest BCUT2D eigenvalue weighted by atomic mass is 10.2. The van der Waals surface area contributed by atoms with Crippen LogP contribution in [0.3, 0.4) is 0 Å². The van der Waals surface area contributed by atoms with E-state index in [0.29, 0.717) is 25.0 Å². The Morgan fingerprint density at radius 1 is 1.36 bits per heavy atom. The van der Waals surface area contributed by atoms with Gasteiger partial charge in [-0.2, -0.15) is 0 Å². The van der Waals surface area contributed by atoms with Crippen molar-refractivity contribution in [3.8, 4) is 0 Å². The van der Waals surface area contributed by atoms with Crippen LogP contribution in [0, 0.1) is 0 Å². The zero-order valence-electron chi connectivity index (χ0n) is 11.9. The van der Waals surface area contributed by atoms with E-state index in [1.54, 1.807) is 17.6 Å². The molecule has 2 heterocycles. The molecule has 22 heavy (non-hydrogen) atoms. The van der Waals surface area contributed by atoms with E-state index in [9.17, 15) is 14.4 Å². The van der Waals surface area contributed by atoms with Gasteiger partial charge in [0.15, 0.2) is 0 Å². The predicted octanol–water partition coefficient (Wildman–Crippen LogP) is 1.24. The number of hydrogen-bond acceptors (Lipinski definition) is 5. The lowest BCUT2D eigenvalue weighted by Gasteiger charge is -2.11. The zero-order valence-corrected chi connectivity index (χ0v) is 11.9. The maximum Gasteiger partial charge on any atom is 0.329 e. The molecule has 0 aliphatic carbocycles. The van der Waals surface area contributed by atoms with Crippen molar-refractivity contribution in [3.05, 3.63) is 29.9 Å². The Kier molecular flexibility index (Phi) is 5.31. The van der Waals surface area contributed by atoms with Crippen molar-refractivity contribution in [1.82, 2.24) is 15.7 Å². The van der Waals surface area contributed by atoms with Crippen LogP contribution >= 0.6 is 0 Å². The van der Waals surface area contributed by atoms with Crippen molar-refractivity contribution in [2.75, 3.05) is 6.54 Å². The minimum Gasteiger partial charge on any atom is -0.465 e. The molecule has 0 unspecified atom stereocenters. The number of carbonyl (C=O) groups is 3. The summed E-state index contributed by atoms with van der Waals surface area (Å²) in [4.78, 5) is 35.8. The normalized spacial score (nSPS) is 16.2. The standard InChI is InChI=1S/C14H17N3O5/c18-12(16-21)6-2-1-3-7-17-13(19)11(15-14(17)20)9-10-5-4-8-22-10/h4-5,8-9,21H,1-3,6-7H2,(H,15,20)(H,16,18). The number of hydroxylamine groups is 1. The van der Waals surface area contributed by atoms with Crippen LogP contribution in [0.2, 0.25) is 0 Å². The molecular weight excluding hydrogens is 290 g/mol. The summed E-state index contributed by atoms with van der Waals surface area (Å²) in [6.07, 6.45) is 5.00. The van der Waals surface area contributed by atoms with Crippen molar-refractivity contribution in [1.29, 1.82) is 0 Å².